The van der Waals surface area contributed by atoms with Gasteiger partial charge in [-0.25, -0.2) is 0 Å². The normalized spacial score (nSPS) is 27.9. The molecule has 0 amide bonds. The van der Waals surface area contributed by atoms with E-state index >= 15 is 0 Å². The molecule has 1 rings (SSSR count). The quantitative estimate of drug-likeness (QED) is 0.269. The van der Waals surface area contributed by atoms with Crippen molar-refractivity contribution in [3.8, 4) is 0 Å². The first-order chi connectivity index (χ1) is 12.2. The number of rotatable bonds is 13. The summed E-state index contributed by atoms with van der Waals surface area (Å²) in [4.78, 5) is 24.2. The van der Waals surface area contributed by atoms with Crippen LogP contribution in [-0.4, -0.2) is 69.1 Å². The largest absolute Gasteiger partial charge is 0.396 e. The summed E-state index contributed by atoms with van der Waals surface area (Å²) in [7, 11) is 0. The molecule has 0 aromatic carbocycles. The number of Topliss-reactive ketones (excluding diaryl/α,β-unsaturated/α-hetero) is 2. The number of allylic oxidation sites excluding steroid dienone is 1. The van der Waals surface area contributed by atoms with Crippen LogP contribution in [-0.2, 0) is 14.3 Å². The maximum atomic E-state index is 12.7. The second kappa shape index (κ2) is 9.71. The molecule has 0 aliphatic carbocycles. The number of ether oxygens (including phenoxy) is 1. The highest BCUT2D eigenvalue weighted by molar-refractivity contribution is 5.86. The van der Waals surface area contributed by atoms with E-state index in [0.717, 1.165) is 0 Å². The van der Waals surface area contributed by atoms with Gasteiger partial charge in [-0.2, -0.15) is 0 Å². The highest BCUT2D eigenvalue weighted by Gasteiger charge is 2.61. The topological polar surface area (TPSA) is 128 Å². The first kappa shape index (κ1) is 22.9. The molecule has 0 spiro atoms. The molecule has 1 aliphatic rings. The lowest BCUT2D eigenvalue weighted by Crippen LogP contribution is -2.47. The van der Waals surface area contributed by atoms with Gasteiger partial charge in [0.15, 0.2) is 0 Å². The van der Waals surface area contributed by atoms with E-state index in [2.05, 4.69) is 6.58 Å². The van der Waals surface area contributed by atoms with Crippen LogP contribution in [0.5, 0.6) is 0 Å². The number of epoxide rings is 1. The van der Waals surface area contributed by atoms with Gasteiger partial charge in [0.25, 0.3) is 0 Å². The number of aliphatic hydroxyl groups is 4. The first-order valence-electron chi connectivity index (χ1n) is 9.09. The Bertz CT molecular complexity index is 506. The van der Waals surface area contributed by atoms with Crippen LogP contribution < -0.4 is 0 Å². The van der Waals surface area contributed by atoms with Gasteiger partial charge in [-0.05, 0) is 19.3 Å². The van der Waals surface area contributed by atoms with Gasteiger partial charge in [-0.15, -0.1) is 6.58 Å². The standard InChI is InChI=1S/C19H32O7/c1-5-7-11(3)18-19(4,26-18)17(25)14(10-21)16(24)13(9-20)15(23)8-12(22)6-2/h5,11,13-15,17-18,20-21,23,25H,1,6-10H2,2-4H3/t11-,13?,14-,15?,17-,18+,19+/m0/s1. The maximum absolute atomic E-state index is 12.7. The molecule has 4 N–H and O–H groups in total. The summed E-state index contributed by atoms with van der Waals surface area (Å²) in [5.74, 6) is -3.29. The third-order valence-corrected chi connectivity index (χ3v) is 5.33. The van der Waals surface area contributed by atoms with E-state index in [-0.39, 0.29) is 30.6 Å². The van der Waals surface area contributed by atoms with Crippen molar-refractivity contribution in [2.24, 2.45) is 17.8 Å². The predicted octanol–water partition coefficient (Wildman–Crippen LogP) is 0.233. The van der Waals surface area contributed by atoms with E-state index in [1.165, 1.54) is 0 Å². The van der Waals surface area contributed by atoms with Crippen LogP contribution in [0.25, 0.3) is 0 Å². The minimum absolute atomic E-state index is 0.0861. The molecule has 7 nitrogen and oxygen atoms in total. The summed E-state index contributed by atoms with van der Waals surface area (Å²) >= 11 is 0. The summed E-state index contributed by atoms with van der Waals surface area (Å²) < 4.78 is 5.63. The van der Waals surface area contributed by atoms with E-state index in [4.69, 9.17) is 4.74 Å². The molecule has 7 heteroatoms. The SMILES string of the molecule is C=CC[C@H](C)[C@H]1O[C@]1(C)[C@@H](O)[C@@H](CO)C(=O)C(CO)C(O)CC(=O)CC. The Hall–Kier alpha value is -1.12. The Kier molecular flexibility index (Phi) is 8.56. The summed E-state index contributed by atoms with van der Waals surface area (Å²) in [6, 6.07) is 0. The van der Waals surface area contributed by atoms with Gasteiger partial charge < -0.3 is 25.2 Å². The highest BCUT2D eigenvalue weighted by Crippen LogP contribution is 2.47. The Balaban J connectivity index is 2.87. The molecule has 0 aromatic heterocycles. The zero-order chi connectivity index (χ0) is 20.1. The number of hydrogen-bond donors (Lipinski definition) is 4. The molecule has 26 heavy (non-hydrogen) atoms. The first-order valence-corrected chi connectivity index (χ1v) is 9.09. The van der Waals surface area contributed by atoms with Crippen molar-refractivity contribution in [3.05, 3.63) is 12.7 Å². The lowest BCUT2D eigenvalue weighted by molar-refractivity contribution is -0.140. The molecule has 7 atom stereocenters. The van der Waals surface area contributed by atoms with E-state index in [1.807, 2.05) is 6.92 Å². The van der Waals surface area contributed by atoms with Crippen molar-refractivity contribution in [2.75, 3.05) is 13.2 Å². The van der Waals surface area contributed by atoms with Crippen LogP contribution in [0.1, 0.15) is 40.0 Å². The fraction of sp³-hybridized carbons (Fsp3) is 0.789. The number of hydrogen-bond acceptors (Lipinski definition) is 7. The molecule has 2 unspecified atom stereocenters. The highest BCUT2D eigenvalue weighted by atomic mass is 16.6. The van der Waals surface area contributed by atoms with Gasteiger partial charge in [-0.1, -0.05) is 19.9 Å². The van der Waals surface area contributed by atoms with E-state index in [1.54, 1.807) is 19.9 Å². The molecular weight excluding hydrogens is 340 g/mol. The molecule has 0 saturated carbocycles. The Labute approximate surface area is 154 Å². The van der Waals surface area contributed by atoms with Crippen molar-refractivity contribution in [3.63, 3.8) is 0 Å². The second-order valence-corrected chi connectivity index (χ2v) is 7.31. The van der Waals surface area contributed by atoms with Crippen LogP contribution in [0, 0.1) is 17.8 Å². The number of ketones is 2. The van der Waals surface area contributed by atoms with Crippen molar-refractivity contribution in [1.29, 1.82) is 0 Å². The van der Waals surface area contributed by atoms with Gasteiger partial charge in [0.2, 0.25) is 0 Å². The minimum Gasteiger partial charge on any atom is -0.396 e. The molecule has 0 radical (unpaired) electrons. The average Bonchev–Trinajstić information content (AvgIpc) is 3.29. The Morgan fingerprint density at radius 3 is 2.27 bits per heavy atom. The van der Waals surface area contributed by atoms with E-state index in [0.29, 0.717) is 6.42 Å². The van der Waals surface area contributed by atoms with E-state index in [9.17, 15) is 30.0 Å². The number of aliphatic hydroxyl groups excluding tert-OH is 4. The molecule has 150 valence electrons. The monoisotopic (exact) mass is 372 g/mol. The van der Waals surface area contributed by atoms with Crippen molar-refractivity contribution < 1.29 is 34.8 Å². The molecule has 1 heterocycles. The molecule has 1 aliphatic heterocycles. The third-order valence-electron chi connectivity index (χ3n) is 5.33. The number of carbonyl (C=O) groups is 2. The van der Waals surface area contributed by atoms with Crippen LogP contribution in [0.15, 0.2) is 12.7 Å². The zero-order valence-corrected chi connectivity index (χ0v) is 15.8. The van der Waals surface area contributed by atoms with Gasteiger partial charge in [0, 0.05) is 12.8 Å². The summed E-state index contributed by atoms with van der Waals surface area (Å²) in [6.07, 6.45) is -0.543. The van der Waals surface area contributed by atoms with Gasteiger partial charge in [0.05, 0.1) is 43.4 Å². The van der Waals surface area contributed by atoms with Crippen molar-refractivity contribution in [2.45, 2.75) is 63.9 Å². The second-order valence-electron chi connectivity index (χ2n) is 7.31. The lowest BCUT2D eigenvalue weighted by Gasteiger charge is -2.29. The van der Waals surface area contributed by atoms with Crippen LogP contribution in [0.3, 0.4) is 0 Å². The molecular formula is C19H32O7. The van der Waals surface area contributed by atoms with Gasteiger partial charge in [-0.3, -0.25) is 9.59 Å². The van der Waals surface area contributed by atoms with Crippen LogP contribution in [0.2, 0.25) is 0 Å². The molecule has 1 fully saturated rings. The van der Waals surface area contributed by atoms with E-state index < -0.39 is 48.6 Å². The predicted molar refractivity (Wildman–Crippen MR) is 95.3 cm³/mol. The molecule has 0 aromatic rings. The van der Waals surface area contributed by atoms with Gasteiger partial charge in [0.1, 0.15) is 17.2 Å². The Morgan fingerprint density at radius 1 is 1.23 bits per heavy atom. The zero-order valence-electron chi connectivity index (χ0n) is 15.8. The minimum atomic E-state index is -1.36. The van der Waals surface area contributed by atoms with Crippen LogP contribution in [0.4, 0.5) is 0 Å². The summed E-state index contributed by atoms with van der Waals surface area (Å²) in [6.45, 7) is 7.60. The lowest BCUT2D eigenvalue weighted by atomic mass is 9.79. The molecule has 0 bridgehead atoms. The number of carbonyl (C=O) groups excluding carboxylic acids is 2. The summed E-state index contributed by atoms with van der Waals surface area (Å²) in [5, 5.41) is 40.0. The van der Waals surface area contributed by atoms with Crippen molar-refractivity contribution in [1.82, 2.24) is 0 Å². The smallest absolute Gasteiger partial charge is 0.148 e. The Morgan fingerprint density at radius 2 is 1.81 bits per heavy atom. The van der Waals surface area contributed by atoms with Crippen molar-refractivity contribution >= 4 is 11.6 Å². The molecule has 1 saturated heterocycles. The fourth-order valence-corrected chi connectivity index (χ4v) is 3.49. The van der Waals surface area contributed by atoms with Crippen LogP contribution >= 0.6 is 0 Å². The maximum Gasteiger partial charge on any atom is 0.148 e. The average molecular weight is 372 g/mol. The summed E-state index contributed by atoms with van der Waals surface area (Å²) in [5.41, 5.74) is -0.990. The fourth-order valence-electron chi connectivity index (χ4n) is 3.49. The third kappa shape index (κ3) is 4.98. The van der Waals surface area contributed by atoms with Gasteiger partial charge >= 0.3 is 0 Å².